The summed E-state index contributed by atoms with van der Waals surface area (Å²) >= 11 is 1.07. The molecule has 1 atom stereocenters. The average molecular weight is 308 g/mol. The van der Waals surface area contributed by atoms with Gasteiger partial charge in [-0.3, -0.25) is 4.79 Å². The van der Waals surface area contributed by atoms with Crippen LogP contribution in [-0.4, -0.2) is 15.1 Å². The molecule has 112 valence electrons. The molecule has 0 aliphatic heterocycles. The molecular formula is C15H17FN2O2S. The molecule has 2 rings (SSSR count). The van der Waals surface area contributed by atoms with Crippen molar-refractivity contribution < 1.29 is 9.50 Å². The third kappa shape index (κ3) is 4.15. The average Bonchev–Trinajstić information content (AvgIpc) is 2.40. The zero-order valence-electron chi connectivity index (χ0n) is 11.9. The Hall–Kier alpha value is -1.66. The topological polar surface area (TPSA) is 66.0 Å². The predicted octanol–water partition coefficient (Wildman–Crippen LogP) is 3.07. The monoisotopic (exact) mass is 308 g/mol. The highest BCUT2D eigenvalue weighted by atomic mass is 32.2. The first-order chi connectivity index (χ1) is 9.99. The molecule has 1 heterocycles. The largest absolute Gasteiger partial charge is 0.389 e. The standard InChI is InChI=1S/C15H17FN2O2S/c1-3-4-11-8-14(20)18-15(17-11)21-13-6-5-10(9(2)19)7-12(13)16/h5-9,19H,3-4H2,1-2H3,(H,17,18,20)/t9-/m1/s1. The van der Waals surface area contributed by atoms with Crippen molar-refractivity contribution in [3.05, 3.63) is 51.7 Å². The quantitative estimate of drug-likeness (QED) is 0.833. The Morgan fingerprint density at radius 1 is 1.43 bits per heavy atom. The van der Waals surface area contributed by atoms with Crippen molar-refractivity contribution in [1.82, 2.24) is 9.97 Å². The molecule has 21 heavy (non-hydrogen) atoms. The summed E-state index contributed by atoms with van der Waals surface area (Å²) in [6, 6.07) is 5.99. The molecule has 0 aliphatic rings. The first-order valence-electron chi connectivity index (χ1n) is 6.75. The summed E-state index contributed by atoms with van der Waals surface area (Å²) in [5, 5.41) is 9.80. The molecule has 0 unspecified atom stereocenters. The minimum Gasteiger partial charge on any atom is -0.389 e. The summed E-state index contributed by atoms with van der Waals surface area (Å²) in [4.78, 5) is 18.8. The first-order valence-corrected chi connectivity index (χ1v) is 7.57. The lowest BCUT2D eigenvalue weighted by molar-refractivity contribution is 0.198. The molecule has 4 nitrogen and oxygen atoms in total. The summed E-state index contributed by atoms with van der Waals surface area (Å²) in [7, 11) is 0. The van der Waals surface area contributed by atoms with Gasteiger partial charge < -0.3 is 10.1 Å². The minimum absolute atomic E-state index is 0.239. The molecule has 1 aromatic heterocycles. The third-order valence-electron chi connectivity index (χ3n) is 2.92. The van der Waals surface area contributed by atoms with Gasteiger partial charge in [0.05, 0.1) is 11.0 Å². The number of nitrogens with one attached hydrogen (secondary N) is 1. The number of aromatic amines is 1. The number of aromatic nitrogens is 2. The summed E-state index contributed by atoms with van der Waals surface area (Å²) in [5.74, 6) is -0.443. The Bertz CT molecular complexity index is 686. The van der Waals surface area contributed by atoms with Crippen LogP contribution >= 0.6 is 11.8 Å². The molecule has 0 aliphatic carbocycles. The van der Waals surface area contributed by atoms with Gasteiger partial charge in [0.1, 0.15) is 5.82 Å². The van der Waals surface area contributed by atoms with Crippen molar-refractivity contribution in [3.8, 4) is 0 Å². The third-order valence-corrected chi connectivity index (χ3v) is 3.86. The molecule has 0 fully saturated rings. The maximum Gasteiger partial charge on any atom is 0.251 e. The van der Waals surface area contributed by atoms with Gasteiger partial charge in [-0.05, 0) is 42.8 Å². The van der Waals surface area contributed by atoms with E-state index in [9.17, 15) is 14.3 Å². The van der Waals surface area contributed by atoms with E-state index in [1.807, 2.05) is 6.92 Å². The van der Waals surface area contributed by atoms with Crippen LogP contribution in [0.2, 0.25) is 0 Å². The molecule has 1 aromatic carbocycles. The van der Waals surface area contributed by atoms with Crippen LogP contribution in [0.1, 0.15) is 37.6 Å². The molecule has 0 spiro atoms. The zero-order chi connectivity index (χ0) is 15.4. The summed E-state index contributed by atoms with van der Waals surface area (Å²) in [6.07, 6.45) is 0.878. The van der Waals surface area contributed by atoms with Crippen molar-refractivity contribution >= 4 is 11.8 Å². The second-order valence-corrected chi connectivity index (χ2v) is 5.79. The second-order valence-electron chi connectivity index (χ2n) is 4.76. The summed E-state index contributed by atoms with van der Waals surface area (Å²) in [6.45, 7) is 3.58. The van der Waals surface area contributed by atoms with Crippen LogP contribution in [0.25, 0.3) is 0 Å². The highest BCUT2D eigenvalue weighted by Crippen LogP contribution is 2.28. The van der Waals surface area contributed by atoms with E-state index in [1.54, 1.807) is 19.1 Å². The van der Waals surface area contributed by atoms with Crippen molar-refractivity contribution in [2.75, 3.05) is 0 Å². The fourth-order valence-corrected chi connectivity index (χ4v) is 2.70. The van der Waals surface area contributed by atoms with Gasteiger partial charge in [0.25, 0.3) is 5.56 Å². The second kappa shape index (κ2) is 6.87. The number of hydrogen-bond donors (Lipinski definition) is 2. The van der Waals surface area contributed by atoms with E-state index in [1.165, 1.54) is 12.1 Å². The normalized spacial score (nSPS) is 12.4. The maximum absolute atomic E-state index is 14.0. The van der Waals surface area contributed by atoms with Gasteiger partial charge in [-0.15, -0.1) is 0 Å². The first kappa shape index (κ1) is 15.7. The van der Waals surface area contributed by atoms with Crippen LogP contribution in [0.4, 0.5) is 4.39 Å². The lowest BCUT2D eigenvalue weighted by Crippen LogP contribution is -2.09. The lowest BCUT2D eigenvalue weighted by atomic mass is 10.1. The Morgan fingerprint density at radius 3 is 2.81 bits per heavy atom. The number of hydrogen-bond acceptors (Lipinski definition) is 4. The molecule has 0 saturated carbocycles. The Morgan fingerprint density at radius 2 is 2.19 bits per heavy atom. The highest BCUT2D eigenvalue weighted by Gasteiger charge is 2.10. The minimum atomic E-state index is -0.718. The van der Waals surface area contributed by atoms with Gasteiger partial charge in [0.2, 0.25) is 0 Å². The number of H-pyrrole nitrogens is 1. The zero-order valence-corrected chi connectivity index (χ0v) is 12.7. The van der Waals surface area contributed by atoms with E-state index in [0.29, 0.717) is 27.7 Å². The molecular weight excluding hydrogens is 291 g/mol. The van der Waals surface area contributed by atoms with E-state index in [4.69, 9.17) is 0 Å². The van der Waals surface area contributed by atoms with Crippen molar-refractivity contribution in [3.63, 3.8) is 0 Å². The van der Waals surface area contributed by atoms with Gasteiger partial charge in [-0.25, -0.2) is 9.37 Å². The van der Waals surface area contributed by atoms with Crippen molar-refractivity contribution in [1.29, 1.82) is 0 Å². The van der Waals surface area contributed by atoms with Crippen LogP contribution in [0.3, 0.4) is 0 Å². The van der Waals surface area contributed by atoms with Crippen molar-refractivity contribution in [2.45, 2.75) is 42.8 Å². The fourth-order valence-electron chi connectivity index (χ4n) is 1.88. The Labute approximate surface area is 126 Å². The van der Waals surface area contributed by atoms with Gasteiger partial charge in [-0.1, -0.05) is 19.4 Å². The molecule has 6 heteroatoms. The lowest BCUT2D eigenvalue weighted by Gasteiger charge is -2.08. The molecule has 0 amide bonds. The number of rotatable bonds is 5. The van der Waals surface area contributed by atoms with Gasteiger partial charge >= 0.3 is 0 Å². The smallest absolute Gasteiger partial charge is 0.251 e. The molecule has 2 aromatic rings. The van der Waals surface area contributed by atoms with Gasteiger partial charge in [0, 0.05) is 11.8 Å². The van der Waals surface area contributed by atoms with E-state index in [0.717, 1.165) is 18.2 Å². The summed E-state index contributed by atoms with van der Waals surface area (Å²) in [5.41, 5.74) is 0.972. The molecule has 0 radical (unpaired) electrons. The molecule has 0 bridgehead atoms. The number of benzene rings is 1. The van der Waals surface area contributed by atoms with E-state index in [2.05, 4.69) is 9.97 Å². The number of nitrogens with zero attached hydrogens (tertiary/aromatic N) is 1. The van der Waals surface area contributed by atoms with Crippen LogP contribution < -0.4 is 5.56 Å². The maximum atomic E-state index is 14.0. The van der Waals surface area contributed by atoms with Crippen LogP contribution in [0.5, 0.6) is 0 Å². The SMILES string of the molecule is CCCc1cc(=O)[nH]c(Sc2ccc([C@@H](C)O)cc2F)n1. The van der Waals surface area contributed by atoms with Crippen LogP contribution in [0.15, 0.2) is 39.1 Å². The highest BCUT2D eigenvalue weighted by molar-refractivity contribution is 7.99. The Balaban J connectivity index is 2.27. The van der Waals surface area contributed by atoms with Crippen LogP contribution in [-0.2, 0) is 6.42 Å². The Kier molecular flexibility index (Phi) is 5.14. The van der Waals surface area contributed by atoms with E-state index in [-0.39, 0.29) is 5.56 Å². The van der Waals surface area contributed by atoms with E-state index < -0.39 is 11.9 Å². The predicted molar refractivity (Wildman–Crippen MR) is 80.0 cm³/mol. The number of halogens is 1. The van der Waals surface area contributed by atoms with E-state index >= 15 is 0 Å². The number of aliphatic hydroxyl groups excluding tert-OH is 1. The summed E-state index contributed by atoms with van der Waals surface area (Å²) < 4.78 is 14.0. The fraction of sp³-hybridized carbons (Fsp3) is 0.333. The number of aliphatic hydroxyl groups is 1. The van der Waals surface area contributed by atoms with Crippen LogP contribution in [0, 0.1) is 5.82 Å². The number of aryl methyl sites for hydroxylation is 1. The molecule has 2 N–H and O–H groups in total. The van der Waals surface area contributed by atoms with Gasteiger partial charge in [0.15, 0.2) is 5.16 Å². The van der Waals surface area contributed by atoms with Crippen molar-refractivity contribution in [2.24, 2.45) is 0 Å². The van der Waals surface area contributed by atoms with Gasteiger partial charge in [-0.2, -0.15) is 0 Å². The molecule has 0 saturated heterocycles.